The van der Waals surface area contributed by atoms with Crippen LogP contribution in [-0.4, -0.2) is 36.8 Å². The monoisotopic (exact) mass is 387 g/mol. The van der Waals surface area contributed by atoms with Crippen molar-refractivity contribution in [3.8, 4) is 0 Å². The minimum absolute atomic E-state index is 0.0113. The first kappa shape index (κ1) is 18.3. The van der Waals surface area contributed by atoms with E-state index in [-0.39, 0.29) is 18.7 Å². The highest BCUT2D eigenvalue weighted by Crippen LogP contribution is 2.43. The predicted octanol–water partition coefficient (Wildman–Crippen LogP) is 1.55. The highest BCUT2D eigenvalue weighted by Gasteiger charge is 2.54. The van der Waals surface area contributed by atoms with Crippen LogP contribution in [0, 0.1) is 11.6 Å². The van der Waals surface area contributed by atoms with E-state index in [0.717, 1.165) is 36.4 Å². The summed E-state index contributed by atoms with van der Waals surface area (Å²) < 4.78 is 63.4. The molecule has 0 radical (unpaired) electrons. The van der Waals surface area contributed by atoms with Gasteiger partial charge in [-0.2, -0.15) is 0 Å². The summed E-state index contributed by atoms with van der Waals surface area (Å²) in [6.45, 7) is 2.19. The number of halogens is 2. The van der Waals surface area contributed by atoms with Gasteiger partial charge in [-0.25, -0.2) is 21.5 Å². The van der Waals surface area contributed by atoms with E-state index in [0.29, 0.717) is 0 Å². The molecule has 1 aromatic carbocycles. The minimum Gasteiger partial charge on any atom is -0.456 e. The minimum atomic E-state index is -3.77. The summed E-state index contributed by atoms with van der Waals surface area (Å²) in [5.74, 6) is -4.90. The van der Waals surface area contributed by atoms with E-state index >= 15 is 0 Å². The molecule has 1 atom stereocenters. The van der Waals surface area contributed by atoms with Crippen molar-refractivity contribution in [2.75, 3.05) is 12.3 Å². The molecule has 0 N–H and O–H groups in total. The molecular formula is C16H15F2NO6S. The number of nitrogens with zero attached hydrogens (tertiary/aromatic N) is 1. The number of rotatable bonds is 3. The van der Waals surface area contributed by atoms with Crippen molar-refractivity contribution in [3.63, 3.8) is 0 Å². The Kier molecular flexibility index (Phi) is 4.26. The van der Waals surface area contributed by atoms with Crippen LogP contribution in [0.1, 0.15) is 25.8 Å². The van der Waals surface area contributed by atoms with Gasteiger partial charge >= 0.3 is 5.97 Å². The van der Waals surface area contributed by atoms with E-state index < -0.39 is 56.2 Å². The zero-order chi connectivity index (χ0) is 19.3. The molecule has 2 heterocycles. The van der Waals surface area contributed by atoms with E-state index in [2.05, 4.69) is 0 Å². The quantitative estimate of drug-likeness (QED) is 0.731. The van der Waals surface area contributed by atoms with Gasteiger partial charge < -0.3 is 9.47 Å². The van der Waals surface area contributed by atoms with Gasteiger partial charge in [0.25, 0.3) is 11.7 Å². The lowest BCUT2D eigenvalue weighted by molar-refractivity contribution is -0.142. The lowest BCUT2D eigenvalue weighted by atomic mass is 9.91. The summed E-state index contributed by atoms with van der Waals surface area (Å²) >= 11 is 0. The van der Waals surface area contributed by atoms with Gasteiger partial charge in [-0.1, -0.05) is 0 Å². The fourth-order valence-electron chi connectivity index (χ4n) is 2.91. The Balaban J connectivity index is 2.13. The van der Waals surface area contributed by atoms with Crippen LogP contribution >= 0.6 is 0 Å². The molecule has 0 saturated carbocycles. The van der Waals surface area contributed by atoms with Crippen LogP contribution in [0.15, 0.2) is 29.8 Å². The molecule has 1 fully saturated rings. The summed E-state index contributed by atoms with van der Waals surface area (Å²) in [5.41, 5.74) is -2.51. The molecule has 0 amide bonds. The van der Waals surface area contributed by atoms with Crippen molar-refractivity contribution >= 4 is 21.8 Å². The first-order chi connectivity index (χ1) is 12.1. The number of hydrogen-bond donors (Lipinski definition) is 0. The molecule has 0 spiro atoms. The first-order valence-electron chi connectivity index (χ1n) is 7.69. The summed E-state index contributed by atoms with van der Waals surface area (Å²) in [4.78, 5) is 24.2. The van der Waals surface area contributed by atoms with Gasteiger partial charge in [-0.15, -0.1) is 0 Å². The van der Waals surface area contributed by atoms with E-state index in [1.54, 1.807) is 0 Å². The standard InChI is InChI=1S/C16H15F2NO6S/c1-9(20)24-13-14(21)16(2,11-8-10(17)4-5-12(11)18)25-15(13)19-6-3-7-26(19,22)23/h4-5,8H,3,6-7H2,1-2H3. The van der Waals surface area contributed by atoms with Crippen LogP contribution in [0.5, 0.6) is 0 Å². The van der Waals surface area contributed by atoms with Gasteiger partial charge in [0, 0.05) is 19.0 Å². The molecule has 3 rings (SSSR count). The maximum Gasteiger partial charge on any atom is 0.308 e. The van der Waals surface area contributed by atoms with Crippen LogP contribution in [0.3, 0.4) is 0 Å². The number of benzene rings is 1. The second-order valence-electron chi connectivity index (χ2n) is 6.06. The van der Waals surface area contributed by atoms with Crippen LogP contribution in [0.25, 0.3) is 0 Å². The smallest absolute Gasteiger partial charge is 0.308 e. The second kappa shape index (κ2) is 6.04. The highest BCUT2D eigenvalue weighted by molar-refractivity contribution is 7.89. The third-order valence-electron chi connectivity index (χ3n) is 4.15. The van der Waals surface area contributed by atoms with Gasteiger partial charge in [0.2, 0.25) is 21.4 Å². The second-order valence-corrected chi connectivity index (χ2v) is 8.07. The predicted molar refractivity (Wildman–Crippen MR) is 83.7 cm³/mol. The molecule has 7 nitrogen and oxygen atoms in total. The fraction of sp³-hybridized carbons (Fsp3) is 0.375. The topological polar surface area (TPSA) is 90.0 Å². The number of Topliss-reactive ketones (excluding diaryl/α,β-unsaturated/α-hetero) is 1. The Hall–Kier alpha value is -2.49. The molecule has 1 saturated heterocycles. The molecule has 0 aliphatic carbocycles. The number of hydrogen-bond acceptors (Lipinski definition) is 6. The largest absolute Gasteiger partial charge is 0.456 e. The molecule has 0 bridgehead atoms. The summed E-state index contributed by atoms with van der Waals surface area (Å²) in [6, 6.07) is 2.47. The van der Waals surface area contributed by atoms with Gasteiger partial charge in [-0.05, 0) is 31.5 Å². The van der Waals surface area contributed by atoms with Gasteiger partial charge in [-0.3, -0.25) is 9.59 Å². The Morgan fingerprint density at radius 1 is 1.35 bits per heavy atom. The molecule has 2 aliphatic heterocycles. The molecule has 140 valence electrons. The lowest BCUT2D eigenvalue weighted by Gasteiger charge is -2.26. The van der Waals surface area contributed by atoms with E-state index in [1.807, 2.05) is 0 Å². The van der Waals surface area contributed by atoms with Crippen molar-refractivity contribution in [1.82, 2.24) is 4.31 Å². The zero-order valence-corrected chi connectivity index (χ0v) is 14.7. The van der Waals surface area contributed by atoms with Crippen LogP contribution in [0.4, 0.5) is 8.78 Å². The molecule has 2 aliphatic rings. The highest BCUT2D eigenvalue weighted by atomic mass is 32.2. The van der Waals surface area contributed by atoms with Crippen molar-refractivity contribution < 1.29 is 36.3 Å². The van der Waals surface area contributed by atoms with Crippen molar-refractivity contribution in [2.45, 2.75) is 25.9 Å². The molecule has 0 aromatic heterocycles. The first-order valence-corrected chi connectivity index (χ1v) is 9.29. The molecule has 1 aromatic rings. The lowest BCUT2D eigenvalue weighted by Crippen LogP contribution is -2.34. The zero-order valence-electron chi connectivity index (χ0n) is 13.9. The number of esters is 1. The maximum absolute atomic E-state index is 14.2. The Bertz CT molecular complexity index is 942. The van der Waals surface area contributed by atoms with Crippen molar-refractivity contribution in [1.29, 1.82) is 0 Å². The van der Waals surface area contributed by atoms with Crippen molar-refractivity contribution in [2.24, 2.45) is 0 Å². The number of sulfonamides is 1. The van der Waals surface area contributed by atoms with Crippen LogP contribution < -0.4 is 0 Å². The summed E-state index contributed by atoms with van der Waals surface area (Å²) in [7, 11) is -3.77. The van der Waals surface area contributed by atoms with Gasteiger partial charge in [0.15, 0.2) is 0 Å². The van der Waals surface area contributed by atoms with Crippen LogP contribution in [0.2, 0.25) is 0 Å². The number of carbonyl (C=O) groups excluding carboxylic acids is 2. The SMILES string of the molecule is CC(=O)OC1=C(N2CCCS2(=O)=O)OC(C)(c2cc(F)ccc2F)C1=O. The molecular weight excluding hydrogens is 372 g/mol. The number of ketones is 1. The third kappa shape index (κ3) is 2.83. The summed E-state index contributed by atoms with van der Waals surface area (Å²) in [5, 5.41) is 0. The molecule has 1 unspecified atom stereocenters. The third-order valence-corrected chi connectivity index (χ3v) is 5.97. The Morgan fingerprint density at radius 2 is 2.04 bits per heavy atom. The average Bonchev–Trinajstić information content (AvgIpc) is 3.01. The Morgan fingerprint density at radius 3 is 2.62 bits per heavy atom. The number of ether oxygens (including phenoxy) is 2. The average molecular weight is 387 g/mol. The van der Waals surface area contributed by atoms with Crippen molar-refractivity contribution in [3.05, 3.63) is 47.0 Å². The maximum atomic E-state index is 14.2. The van der Waals surface area contributed by atoms with E-state index in [1.165, 1.54) is 0 Å². The fourth-order valence-corrected chi connectivity index (χ4v) is 4.40. The van der Waals surface area contributed by atoms with Crippen LogP contribution in [-0.2, 0) is 34.7 Å². The van der Waals surface area contributed by atoms with E-state index in [4.69, 9.17) is 9.47 Å². The van der Waals surface area contributed by atoms with Gasteiger partial charge in [0.1, 0.15) is 11.6 Å². The summed E-state index contributed by atoms with van der Waals surface area (Å²) in [6.07, 6.45) is 0.280. The molecule has 10 heteroatoms. The van der Waals surface area contributed by atoms with Gasteiger partial charge in [0.05, 0.1) is 5.75 Å². The molecule has 26 heavy (non-hydrogen) atoms. The normalized spacial score (nSPS) is 24.8. The van der Waals surface area contributed by atoms with E-state index in [9.17, 15) is 26.8 Å². The number of carbonyl (C=O) groups is 2. The Labute approximate surface area is 148 Å².